The predicted octanol–water partition coefficient (Wildman–Crippen LogP) is 0.774. The smallest absolute Gasteiger partial charge is 0.352 e. The van der Waals surface area contributed by atoms with Crippen molar-refractivity contribution < 1.29 is 19.4 Å². The van der Waals surface area contributed by atoms with Gasteiger partial charge in [0, 0.05) is 6.20 Å². The highest BCUT2D eigenvalue weighted by Gasteiger charge is 2.19. The molecule has 0 unspecified atom stereocenters. The summed E-state index contributed by atoms with van der Waals surface area (Å²) in [7, 11) is 0. The maximum Gasteiger partial charge on any atom is 0.352 e. The van der Waals surface area contributed by atoms with Crippen LogP contribution in [-0.2, 0) is 9.47 Å². The second-order valence-corrected chi connectivity index (χ2v) is 3.41. The summed E-state index contributed by atoms with van der Waals surface area (Å²) in [6, 6.07) is 3.25. The lowest BCUT2D eigenvalue weighted by molar-refractivity contribution is 0.0673. The fourth-order valence-electron chi connectivity index (χ4n) is 1.66. The normalized spacial score (nSPS) is 18.7. The second kappa shape index (κ2) is 4.46. The fourth-order valence-corrected chi connectivity index (χ4v) is 1.66. The lowest BCUT2D eigenvalue weighted by Crippen LogP contribution is -2.21. The Balaban J connectivity index is 2.19. The van der Waals surface area contributed by atoms with Crippen LogP contribution in [0.5, 0.6) is 0 Å². The van der Waals surface area contributed by atoms with Crippen molar-refractivity contribution in [2.45, 2.75) is 6.04 Å². The Kier molecular flexibility index (Phi) is 3.03. The molecule has 2 rings (SSSR count). The van der Waals surface area contributed by atoms with Crippen molar-refractivity contribution in [1.82, 2.24) is 4.57 Å². The zero-order valence-electron chi connectivity index (χ0n) is 8.26. The van der Waals surface area contributed by atoms with Gasteiger partial charge in [0.2, 0.25) is 0 Å². The highest BCUT2D eigenvalue weighted by Crippen LogP contribution is 2.15. The second-order valence-electron chi connectivity index (χ2n) is 3.41. The highest BCUT2D eigenvalue weighted by molar-refractivity contribution is 5.85. The molecule has 0 bridgehead atoms. The number of rotatable bonds is 2. The first-order chi connectivity index (χ1) is 7.29. The highest BCUT2D eigenvalue weighted by atomic mass is 16.5. The molecule has 2 heterocycles. The van der Waals surface area contributed by atoms with E-state index in [0.29, 0.717) is 26.4 Å². The Bertz CT molecular complexity index is 339. The minimum absolute atomic E-state index is 0.0476. The van der Waals surface area contributed by atoms with E-state index in [0.717, 1.165) is 0 Å². The summed E-state index contributed by atoms with van der Waals surface area (Å²) in [5, 5.41) is 8.95. The van der Waals surface area contributed by atoms with Gasteiger partial charge in [-0.25, -0.2) is 4.79 Å². The fraction of sp³-hybridized carbons (Fsp3) is 0.500. The molecule has 1 aliphatic heterocycles. The van der Waals surface area contributed by atoms with E-state index in [1.807, 2.05) is 0 Å². The third-order valence-electron chi connectivity index (χ3n) is 2.38. The van der Waals surface area contributed by atoms with Crippen molar-refractivity contribution in [2.75, 3.05) is 26.4 Å². The average molecular weight is 211 g/mol. The number of carboxylic acids is 1. The molecule has 1 aromatic heterocycles. The zero-order valence-corrected chi connectivity index (χ0v) is 8.26. The van der Waals surface area contributed by atoms with E-state index in [1.54, 1.807) is 22.9 Å². The average Bonchev–Trinajstić information content (AvgIpc) is 2.55. The molecule has 0 aliphatic carbocycles. The summed E-state index contributed by atoms with van der Waals surface area (Å²) >= 11 is 0. The topological polar surface area (TPSA) is 60.7 Å². The lowest BCUT2D eigenvalue weighted by atomic mass is 10.3. The van der Waals surface area contributed by atoms with Gasteiger partial charge in [0.25, 0.3) is 0 Å². The van der Waals surface area contributed by atoms with E-state index in [9.17, 15) is 4.79 Å². The lowest BCUT2D eigenvalue weighted by Gasteiger charge is -2.17. The molecule has 1 N–H and O–H groups in total. The van der Waals surface area contributed by atoms with Gasteiger partial charge in [-0.2, -0.15) is 0 Å². The maximum absolute atomic E-state index is 10.9. The molecule has 82 valence electrons. The number of hydrogen-bond acceptors (Lipinski definition) is 3. The third kappa shape index (κ3) is 2.19. The van der Waals surface area contributed by atoms with Gasteiger partial charge in [-0.15, -0.1) is 0 Å². The molecule has 0 radical (unpaired) electrons. The monoisotopic (exact) mass is 211 g/mol. The molecule has 1 aromatic rings. The van der Waals surface area contributed by atoms with Crippen molar-refractivity contribution in [1.29, 1.82) is 0 Å². The van der Waals surface area contributed by atoms with Crippen molar-refractivity contribution in [2.24, 2.45) is 0 Å². The first-order valence-electron chi connectivity index (χ1n) is 4.84. The molecule has 0 aromatic carbocycles. The van der Waals surface area contributed by atoms with Crippen LogP contribution >= 0.6 is 0 Å². The molecular formula is C10H13NO4. The maximum atomic E-state index is 10.9. The Hall–Kier alpha value is -1.33. The zero-order chi connectivity index (χ0) is 10.7. The van der Waals surface area contributed by atoms with Gasteiger partial charge in [0.05, 0.1) is 32.5 Å². The van der Waals surface area contributed by atoms with E-state index in [1.165, 1.54) is 0 Å². The predicted molar refractivity (Wildman–Crippen MR) is 52.1 cm³/mol. The quantitative estimate of drug-likeness (QED) is 0.785. The first kappa shape index (κ1) is 10.2. The van der Waals surface area contributed by atoms with E-state index in [2.05, 4.69) is 0 Å². The van der Waals surface area contributed by atoms with E-state index in [4.69, 9.17) is 14.6 Å². The molecule has 5 heteroatoms. The van der Waals surface area contributed by atoms with Gasteiger partial charge in [-0.05, 0) is 12.1 Å². The van der Waals surface area contributed by atoms with E-state index in [-0.39, 0.29) is 11.7 Å². The Morgan fingerprint density at radius 3 is 2.67 bits per heavy atom. The number of aromatic carboxylic acids is 1. The number of carbonyl (C=O) groups is 1. The number of nitrogens with zero attached hydrogens (tertiary/aromatic N) is 1. The summed E-state index contributed by atoms with van der Waals surface area (Å²) in [6.45, 7) is 2.13. The van der Waals surface area contributed by atoms with Gasteiger partial charge < -0.3 is 19.1 Å². The van der Waals surface area contributed by atoms with Crippen LogP contribution < -0.4 is 0 Å². The van der Waals surface area contributed by atoms with Crippen molar-refractivity contribution in [3.8, 4) is 0 Å². The Morgan fingerprint density at radius 1 is 1.40 bits per heavy atom. The summed E-state index contributed by atoms with van der Waals surface area (Å²) in [5.41, 5.74) is 0.272. The van der Waals surface area contributed by atoms with Gasteiger partial charge in [-0.3, -0.25) is 0 Å². The molecule has 15 heavy (non-hydrogen) atoms. The van der Waals surface area contributed by atoms with Crippen LogP contribution in [0.4, 0.5) is 0 Å². The van der Waals surface area contributed by atoms with Crippen LogP contribution in [0.1, 0.15) is 16.5 Å². The van der Waals surface area contributed by atoms with Crippen LogP contribution in [-0.4, -0.2) is 42.1 Å². The minimum Gasteiger partial charge on any atom is -0.477 e. The molecule has 0 saturated carbocycles. The largest absolute Gasteiger partial charge is 0.477 e. The summed E-state index contributed by atoms with van der Waals surface area (Å²) < 4.78 is 12.3. The SMILES string of the molecule is O=C(O)c1cccn1C1COCCOC1. The molecule has 1 fully saturated rings. The van der Waals surface area contributed by atoms with Crippen molar-refractivity contribution in [3.05, 3.63) is 24.0 Å². The van der Waals surface area contributed by atoms with Crippen LogP contribution in [0.3, 0.4) is 0 Å². The number of aromatic nitrogens is 1. The summed E-state index contributed by atoms with van der Waals surface area (Å²) in [5.74, 6) is -0.927. The molecule has 1 saturated heterocycles. The van der Waals surface area contributed by atoms with E-state index < -0.39 is 5.97 Å². The van der Waals surface area contributed by atoms with Crippen LogP contribution in [0.2, 0.25) is 0 Å². The molecule has 0 amide bonds. The number of hydrogen-bond donors (Lipinski definition) is 1. The standard InChI is InChI=1S/C10H13NO4/c12-10(13)9-2-1-3-11(9)8-6-14-4-5-15-7-8/h1-3,8H,4-7H2,(H,12,13). The molecule has 1 aliphatic rings. The van der Waals surface area contributed by atoms with Gasteiger partial charge in [-0.1, -0.05) is 0 Å². The summed E-state index contributed by atoms with van der Waals surface area (Å²) in [6.07, 6.45) is 1.74. The Morgan fingerprint density at radius 2 is 2.07 bits per heavy atom. The van der Waals surface area contributed by atoms with Gasteiger partial charge in [0.1, 0.15) is 5.69 Å². The molecule has 0 atom stereocenters. The first-order valence-corrected chi connectivity index (χ1v) is 4.84. The van der Waals surface area contributed by atoms with Crippen LogP contribution in [0.15, 0.2) is 18.3 Å². The van der Waals surface area contributed by atoms with Crippen LogP contribution in [0, 0.1) is 0 Å². The summed E-state index contributed by atoms with van der Waals surface area (Å²) in [4.78, 5) is 10.9. The minimum atomic E-state index is -0.927. The van der Waals surface area contributed by atoms with Gasteiger partial charge in [0.15, 0.2) is 0 Å². The molecule has 5 nitrogen and oxygen atoms in total. The Labute approximate surface area is 87.2 Å². The van der Waals surface area contributed by atoms with Crippen molar-refractivity contribution in [3.63, 3.8) is 0 Å². The van der Waals surface area contributed by atoms with Gasteiger partial charge >= 0.3 is 5.97 Å². The number of ether oxygens (including phenoxy) is 2. The third-order valence-corrected chi connectivity index (χ3v) is 2.38. The molecule has 0 spiro atoms. The van der Waals surface area contributed by atoms with Crippen LogP contribution in [0.25, 0.3) is 0 Å². The van der Waals surface area contributed by atoms with Crippen molar-refractivity contribution >= 4 is 5.97 Å². The molecular weight excluding hydrogens is 198 g/mol. The number of carboxylic acid groups (broad SMARTS) is 1. The van der Waals surface area contributed by atoms with E-state index >= 15 is 0 Å².